The Kier molecular flexibility index (Phi) is 6.51. The summed E-state index contributed by atoms with van der Waals surface area (Å²) in [5.74, 6) is -2.29. The highest BCUT2D eigenvalue weighted by atomic mass is 79.9. The lowest BCUT2D eigenvalue weighted by Gasteiger charge is -2.25. The van der Waals surface area contributed by atoms with Crippen LogP contribution in [-0.2, 0) is 20.9 Å². The van der Waals surface area contributed by atoms with E-state index in [-0.39, 0.29) is 23.6 Å². The molecule has 1 amide bonds. The Labute approximate surface area is 204 Å². The number of hydrogen-bond acceptors (Lipinski definition) is 6. The van der Waals surface area contributed by atoms with Crippen molar-refractivity contribution >= 4 is 39.3 Å². The number of ether oxygens (including phenoxy) is 1. The number of aromatic hydroxyl groups is 1. The average Bonchev–Trinajstić information content (AvgIpc) is 3.09. The van der Waals surface area contributed by atoms with Crippen molar-refractivity contribution in [3.63, 3.8) is 0 Å². The van der Waals surface area contributed by atoms with Crippen molar-refractivity contribution in [2.45, 2.75) is 12.6 Å². The van der Waals surface area contributed by atoms with Crippen LogP contribution < -0.4 is 0 Å². The van der Waals surface area contributed by atoms with Crippen LogP contribution in [0.1, 0.15) is 33.1 Å². The van der Waals surface area contributed by atoms with E-state index >= 15 is 0 Å². The number of nitrogens with zero attached hydrogens (tertiary/aromatic N) is 1. The quantitative estimate of drug-likeness (QED) is 0.220. The summed E-state index contributed by atoms with van der Waals surface area (Å²) in [7, 11) is 1.29. The standard InChI is InChI=1S/C26H20BrNO6/c1-34-26(33)18-4-2-15(3-5-18)14-28-22(16-8-12-20(29)13-9-16)21(24(31)25(28)32)23(30)17-6-10-19(27)11-7-17/h2-13,22,29-30H,14H2,1H3/b23-21+. The number of likely N-dealkylation sites (tertiary alicyclic amines) is 1. The van der Waals surface area contributed by atoms with Crippen LogP contribution in [0.25, 0.3) is 5.76 Å². The first-order valence-corrected chi connectivity index (χ1v) is 11.1. The minimum absolute atomic E-state index is 0.0343. The molecule has 34 heavy (non-hydrogen) atoms. The molecule has 1 aliphatic heterocycles. The van der Waals surface area contributed by atoms with Crippen molar-refractivity contribution in [1.29, 1.82) is 0 Å². The first kappa shape index (κ1) is 23.3. The lowest BCUT2D eigenvalue weighted by atomic mass is 9.95. The first-order chi connectivity index (χ1) is 16.3. The molecule has 0 aliphatic carbocycles. The highest BCUT2D eigenvalue weighted by Gasteiger charge is 2.46. The average molecular weight is 522 g/mol. The second-order valence-electron chi connectivity index (χ2n) is 7.71. The van der Waals surface area contributed by atoms with Gasteiger partial charge in [-0.05, 0) is 47.5 Å². The fourth-order valence-electron chi connectivity index (χ4n) is 3.87. The van der Waals surface area contributed by atoms with Crippen molar-refractivity contribution in [3.8, 4) is 5.75 Å². The van der Waals surface area contributed by atoms with Crippen LogP contribution in [0.5, 0.6) is 5.75 Å². The maximum atomic E-state index is 13.1. The molecule has 7 nitrogen and oxygen atoms in total. The van der Waals surface area contributed by atoms with Crippen LogP contribution in [-0.4, -0.2) is 39.9 Å². The van der Waals surface area contributed by atoms with Crippen LogP contribution in [0.3, 0.4) is 0 Å². The number of phenolic OH excluding ortho intramolecular Hbond substituents is 1. The molecular weight excluding hydrogens is 502 g/mol. The number of methoxy groups -OCH3 is 1. The Morgan fingerprint density at radius 2 is 1.53 bits per heavy atom. The molecule has 1 fully saturated rings. The number of halogens is 1. The number of benzene rings is 3. The van der Waals surface area contributed by atoms with Gasteiger partial charge >= 0.3 is 5.97 Å². The number of amides is 1. The Hall–Kier alpha value is -3.91. The molecule has 1 unspecified atom stereocenters. The van der Waals surface area contributed by atoms with Crippen LogP contribution in [0.15, 0.2) is 82.8 Å². The normalized spacial score (nSPS) is 17.1. The van der Waals surface area contributed by atoms with E-state index in [0.29, 0.717) is 22.3 Å². The van der Waals surface area contributed by atoms with E-state index in [1.807, 2.05) is 0 Å². The fraction of sp³-hybridized carbons (Fsp3) is 0.115. The van der Waals surface area contributed by atoms with E-state index in [0.717, 1.165) is 4.47 Å². The molecule has 3 aromatic rings. The maximum absolute atomic E-state index is 13.1. The van der Waals surface area contributed by atoms with Gasteiger partial charge in [0.2, 0.25) is 0 Å². The Morgan fingerprint density at radius 1 is 0.941 bits per heavy atom. The predicted molar refractivity (Wildman–Crippen MR) is 128 cm³/mol. The third kappa shape index (κ3) is 4.45. The lowest BCUT2D eigenvalue weighted by Crippen LogP contribution is -2.29. The molecule has 1 aliphatic rings. The summed E-state index contributed by atoms with van der Waals surface area (Å²) in [6.07, 6.45) is 0. The van der Waals surface area contributed by atoms with E-state index in [2.05, 4.69) is 15.9 Å². The smallest absolute Gasteiger partial charge is 0.337 e. The SMILES string of the molecule is COC(=O)c1ccc(CN2C(=O)C(=O)/C(=C(/O)c3ccc(Br)cc3)C2c2ccc(O)cc2)cc1. The van der Waals surface area contributed by atoms with Gasteiger partial charge in [0.15, 0.2) is 0 Å². The number of Topliss-reactive ketones (excluding diaryl/α,β-unsaturated/α-hetero) is 1. The number of aliphatic hydroxyl groups excluding tert-OH is 1. The predicted octanol–water partition coefficient (Wildman–Crippen LogP) is 4.56. The van der Waals surface area contributed by atoms with Gasteiger partial charge in [-0.15, -0.1) is 0 Å². The van der Waals surface area contributed by atoms with Crippen molar-refractivity contribution in [2.75, 3.05) is 7.11 Å². The summed E-state index contributed by atoms with van der Waals surface area (Å²) in [5.41, 5.74) is 1.96. The van der Waals surface area contributed by atoms with Gasteiger partial charge in [0.1, 0.15) is 11.5 Å². The molecule has 1 heterocycles. The number of carbonyl (C=O) groups excluding carboxylic acids is 3. The zero-order valence-corrected chi connectivity index (χ0v) is 19.7. The number of aliphatic hydroxyl groups is 1. The molecule has 1 atom stereocenters. The highest BCUT2D eigenvalue weighted by molar-refractivity contribution is 9.10. The second kappa shape index (κ2) is 9.52. The van der Waals surface area contributed by atoms with Crippen molar-refractivity contribution < 1.29 is 29.3 Å². The van der Waals surface area contributed by atoms with Crippen molar-refractivity contribution in [2.24, 2.45) is 0 Å². The highest BCUT2D eigenvalue weighted by Crippen LogP contribution is 2.40. The number of rotatable bonds is 5. The zero-order valence-electron chi connectivity index (χ0n) is 18.1. The summed E-state index contributed by atoms with van der Waals surface area (Å²) in [4.78, 5) is 39.3. The summed E-state index contributed by atoms with van der Waals surface area (Å²) in [6, 6.07) is 18.5. The molecule has 0 aromatic heterocycles. The first-order valence-electron chi connectivity index (χ1n) is 10.3. The number of carbonyl (C=O) groups is 3. The van der Waals surface area contributed by atoms with E-state index in [1.165, 1.54) is 24.1 Å². The number of hydrogen-bond donors (Lipinski definition) is 2. The second-order valence-corrected chi connectivity index (χ2v) is 8.63. The van der Waals surface area contributed by atoms with Gasteiger partial charge in [0.25, 0.3) is 11.7 Å². The molecule has 0 radical (unpaired) electrons. The number of phenols is 1. The third-order valence-corrected chi connectivity index (χ3v) is 6.12. The van der Waals surface area contributed by atoms with Crippen LogP contribution >= 0.6 is 15.9 Å². The Balaban J connectivity index is 1.78. The maximum Gasteiger partial charge on any atom is 0.337 e. The van der Waals surface area contributed by atoms with E-state index in [9.17, 15) is 24.6 Å². The van der Waals surface area contributed by atoms with Crippen LogP contribution in [0.2, 0.25) is 0 Å². The Bertz CT molecular complexity index is 1280. The molecule has 3 aromatic carbocycles. The van der Waals surface area contributed by atoms with Crippen LogP contribution in [0, 0.1) is 0 Å². The molecule has 0 spiro atoms. The fourth-order valence-corrected chi connectivity index (χ4v) is 4.13. The zero-order chi connectivity index (χ0) is 24.4. The van der Waals surface area contributed by atoms with Crippen LogP contribution in [0.4, 0.5) is 0 Å². The minimum Gasteiger partial charge on any atom is -0.508 e. The summed E-state index contributed by atoms with van der Waals surface area (Å²) >= 11 is 3.34. The number of esters is 1. The van der Waals surface area contributed by atoms with E-state index in [1.54, 1.807) is 60.7 Å². The minimum atomic E-state index is -0.871. The van der Waals surface area contributed by atoms with Gasteiger partial charge in [-0.2, -0.15) is 0 Å². The number of ketones is 1. The van der Waals surface area contributed by atoms with Gasteiger partial charge in [0.05, 0.1) is 24.3 Å². The molecule has 0 saturated carbocycles. The molecule has 172 valence electrons. The molecular formula is C26H20BrNO6. The summed E-state index contributed by atoms with van der Waals surface area (Å²) < 4.78 is 5.51. The van der Waals surface area contributed by atoms with Gasteiger partial charge < -0.3 is 19.8 Å². The third-order valence-electron chi connectivity index (χ3n) is 5.59. The lowest BCUT2D eigenvalue weighted by molar-refractivity contribution is -0.140. The van der Waals surface area contributed by atoms with Gasteiger partial charge in [-0.1, -0.05) is 52.3 Å². The molecule has 0 bridgehead atoms. The topological polar surface area (TPSA) is 104 Å². The molecule has 4 rings (SSSR count). The molecule has 8 heteroatoms. The summed E-state index contributed by atoms with van der Waals surface area (Å²) in [6.45, 7) is 0.0642. The van der Waals surface area contributed by atoms with Gasteiger partial charge in [0, 0.05) is 16.6 Å². The monoisotopic (exact) mass is 521 g/mol. The summed E-state index contributed by atoms with van der Waals surface area (Å²) in [5, 5.41) is 20.8. The van der Waals surface area contributed by atoms with Crippen molar-refractivity contribution in [3.05, 3.63) is 105 Å². The largest absolute Gasteiger partial charge is 0.508 e. The molecule has 2 N–H and O–H groups in total. The van der Waals surface area contributed by atoms with E-state index < -0.39 is 23.7 Å². The van der Waals surface area contributed by atoms with Crippen molar-refractivity contribution in [1.82, 2.24) is 4.90 Å². The van der Waals surface area contributed by atoms with Gasteiger partial charge in [-0.3, -0.25) is 9.59 Å². The van der Waals surface area contributed by atoms with Gasteiger partial charge in [-0.25, -0.2) is 4.79 Å². The van der Waals surface area contributed by atoms with E-state index in [4.69, 9.17) is 4.74 Å². The molecule has 1 saturated heterocycles. The Morgan fingerprint density at radius 3 is 2.12 bits per heavy atom.